The van der Waals surface area contributed by atoms with Gasteiger partial charge in [0.05, 0.1) is 17.8 Å². The quantitative estimate of drug-likeness (QED) is 0.809. The molecule has 1 aliphatic heterocycles. The van der Waals surface area contributed by atoms with Crippen LogP contribution in [-0.4, -0.2) is 46.5 Å². The number of rotatable bonds is 7. The Balaban J connectivity index is 1.50. The Labute approximate surface area is 159 Å². The Morgan fingerprint density at radius 3 is 2.88 bits per heavy atom. The summed E-state index contributed by atoms with van der Waals surface area (Å²) in [4.78, 5) is 23.8. The molecule has 0 spiro atoms. The molecule has 1 N–H and O–H groups in total. The van der Waals surface area contributed by atoms with Gasteiger partial charge in [-0.2, -0.15) is 0 Å². The van der Waals surface area contributed by atoms with Crippen LogP contribution < -0.4 is 5.32 Å². The SMILES string of the molecule is CCC(CN1CCC(C)CC1)NC(=O)Cc1csc(-c2ccccn2)n1. The van der Waals surface area contributed by atoms with E-state index in [4.69, 9.17) is 0 Å². The summed E-state index contributed by atoms with van der Waals surface area (Å²) in [5, 5.41) is 6.01. The number of amides is 1. The van der Waals surface area contributed by atoms with Crippen molar-refractivity contribution in [2.24, 2.45) is 5.92 Å². The van der Waals surface area contributed by atoms with Crippen LogP contribution in [0, 0.1) is 5.92 Å². The molecule has 6 heteroatoms. The first-order valence-corrected chi connectivity index (χ1v) is 10.4. The number of carbonyl (C=O) groups is 1. The highest BCUT2D eigenvalue weighted by Crippen LogP contribution is 2.21. The molecule has 0 aliphatic carbocycles. The van der Waals surface area contributed by atoms with E-state index >= 15 is 0 Å². The molecule has 0 radical (unpaired) electrons. The van der Waals surface area contributed by atoms with Crippen LogP contribution in [0.2, 0.25) is 0 Å². The second-order valence-electron chi connectivity index (χ2n) is 7.19. The van der Waals surface area contributed by atoms with Crippen molar-refractivity contribution in [1.82, 2.24) is 20.2 Å². The molecule has 1 aliphatic rings. The fourth-order valence-electron chi connectivity index (χ4n) is 3.27. The molecule has 0 aromatic carbocycles. The van der Waals surface area contributed by atoms with Crippen LogP contribution in [0.15, 0.2) is 29.8 Å². The lowest BCUT2D eigenvalue weighted by Gasteiger charge is -2.33. The molecule has 3 rings (SSSR count). The van der Waals surface area contributed by atoms with E-state index in [-0.39, 0.29) is 11.9 Å². The summed E-state index contributed by atoms with van der Waals surface area (Å²) in [7, 11) is 0. The summed E-state index contributed by atoms with van der Waals surface area (Å²) in [5.41, 5.74) is 1.67. The molecular formula is C20H28N4OS. The topological polar surface area (TPSA) is 58.1 Å². The van der Waals surface area contributed by atoms with Gasteiger partial charge < -0.3 is 10.2 Å². The van der Waals surface area contributed by atoms with Crippen molar-refractivity contribution in [2.75, 3.05) is 19.6 Å². The average molecular weight is 373 g/mol. The third kappa shape index (κ3) is 5.35. The molecule has 26 heavy (non-hydrogen) atoms. The van der Waals surface area contributed by atoms with Gasteiger partial charge in [-0.3, -0.25) is 9.78 Å². The normalized spacial score (nSPS) is 17.2. The van der Waals surface area contributed by atoms with Crippen molar-refractivity contribution < 1.29 is 4.79 Å². The van der Waals surface area contributed by atoms with Crippen LogP contribution >= 0.6 is 11.3 Å². The molecule has 2 aromatic rings. The van der Waals surface area contributed by atoms with E-state index in [1.165, 1.54) is 24.2 Å². The van der Waals surface area contributed by atoms with Gasteiger partial charge in [-0.15, -0.1) is 11.3 Å². The third-order valence-corrected chi connectivity index (χ3v) is 5.90. The zero-order valence-corrected chi connectivity index (χ0v) is 16.5. The molecular weight excluding hydrogens is 344 g/mol. The Morgan fingerprint density at radius 2 is 2.19 bits per heavy atom. The number of carbonyl (C=O) groups excluding carboxylic acids is 1. The van der Waals surface area contributed by atoms with Crippen molar-refractivity contribution in [1.29, 1.82) is 0 Å². The number of piperidine rings is 1. The van der Waals surface area contributed by atoms with Gasteiger partial charge in [0, 0.05) is 24.2 Å². The standard InChI is InChI=1S/C20H28N4OS/c1-3-16(13-24-10-7-15(2)8-11-24)22-19(25)12-17-14-26-20(23-17)18-6-4-5-9-21-18/h4-6,9,14-16H,3,7-8,10-13H2,1-2H3,(H,22,25). The number of nitrogens with zero attached hydrogens (tertiary/aromatic N) is 3. The van der Waals surface area contributed by atoms with Gasteiger partial charge >= 0.3 is 0 Å². The molecule has 3 heterocycles. The Bertz CT molecular complexity index is 695. The molecule has 5 nitrogen and oxygen atoms in total. The van der Waals surface area contributed by atoms with Crippen LogP contribution in [0.1, 0.15) is 38.8 Å². The zero-order valence-electron chi connectivity index (χ0n) is 15.6. The van der Waals surface area contributed by atoms with Gasteiger partial charge in [0.15, 0.2) is 0 Å². The maximum absolute atomic E-state index is 12.4. The number of pyridine rings is 1. The van der Waals surface area contributed by atoms with Crippen LogP contribution in [0.3, 0.4) is 0 Å². The number of thiazole rings is 1. The maximum atomic E-state index is 12.4. The van der Waals surface area contributed by atoms with Crippen molar-refractivity contribution >= 4 is 17.2 Å². The number of hydrogen-bond donors (Lipinski definition) is 1. The van der Waals surface area contributed by atoms with E-state index in [1.54, 1.807) is 6.20 Å². The second kappa shape index (κ2) is 9.24. The predicted octanol–water partition coefficient (Wildman–Crippen LogP) is 3.37. The Kier molecular flexibility index (Phi) is 6.74. The highest BCUT2D eigenvalue weighted by molar-refractivity contribution is 7.13. The van der Waals surface area contributed by atoms with Gasteiger partial charge in [0.1, 0.15) is 5.01 Å². The van der Waals surface area contributed by atoms with E-state index in [9.17, 15) is 4.79 Å². The van der Waals surface area contributed by atoms with E-state index < -0.39 is 0 Å². The molecule has 1 atom stereocenters. The number of hydrogen-bond acceptors (Lipinski definition) is 5. The highest BCUT2D eigenvalue weighted by atomic mass is 32.1. The maximum Gasteiger partial charge on any atom is 0.226 e. The van der Waals surface area contributed by atoms with Gasteiger partial charge in [0.25, 0.3) is 0 Å². The van der Waals surface area contributed by atoms with Crippen molar-refractivity contribution in [2.45, 2.75) is 45.6 Å². The third-order valence-electron chi connectivity index (χ3n) is 4.99. The summed E-state index contributed by atoms with van der Waals surface area (Å²) in [6.07, 6.45) is 5.57. The molecule has 0 bridgehead atoms. The minimum Gasteiger partial charge on any atom is -0.352 e. The summed E-state index contributed by atoms with van der Waals surface area (Å²) < 4.78 is 0. The molecule has 0 saturated carbocycles. The number of likely N-dealkylation sites (tertiary alicyclic amines) is 1. The van der Waals surface area contributed by atoms with E-state index in [2.05, 4.69) is 34.0 Å². The van der Waals surface area contributed by atoms with Gasteiger partial charge in [-0.1, -0.05) is 19.9 Å². The number of nitrogens with one attached hydrogen (secondary N) is 1. The lowest BCUT2D eigenvalue weighted by Crippen LogP contribution is -2.46. The molecule has 1 unspecified atom stereocenters. The average Bonchev–Trinajstić information content (AvgIpc) is 3.12. The van der Waals surface area contributed by atoms with Crippen LogP contribution in [0.4, 0.5) is 0 Å². The summed E-state index contributed by atoms with van der Waals surface area (Å²) in [6.45, 7) is 7.70. The van der Waals surface area contributed by atoms with Crippen molar-refractivity contribution in [3.63, 3.8) is 0 Å². The van der Waals surface area contributed by atoms with Gasteiger partial charge in [0.2, 0.25) is 5.91 Å². The fraction of sp³-hybridized carbons (Fsp3) is 0.550. The molecule has 1 saturated heterocycles. The second-order valence-corrected chi connectivity index (χ2v) is 8.05. The smallest absolute Gasteiger partial charge is 0.226 e. The van der Waals surface area contributed by atoms with Gasteiger partial charge in [-0.05, 0) is 50.4 Å². The van der Waals surface area contributed by atoms with E-state index in [1.807, 2.05) is 23.6 Å². The lowest BCUT2D eigenvalue weighted by atomic mass is 9.98. The molecule has 140 valence electrons. The monoisotopic (exact) mass is 372 g/mol. The Hall–Kier alpha value is -1.79. The summed E-state index contributed by atoms with van der Waals surface area (Å²) >= 11 is 1.54. The molecule has 2 aromatic heterocycles. The first kappa shape index (κ1) is 19.0. The first-order valence-electron chi connectivity index (χ1n) is 9.51. The number of aromatic nitrogens is 2. The fourth-order valence-corrected chi connectivity index (χ4v) is 4.07. The van der Waals surface area contributed by atoms with Crippen molar-refractivity contribution in [3.8, 4) is 10.7 Å². The summed E-state index contributed by atoms with van der Waals surface area (Å²) in [6, 6.07) is 5.99. The Morgan fingerprint density at radius 1 is 1.38 bits per heavy atom. The molecule has 1 fully saturated rings. The van der Waals surface area contributed by atoms with Gasteiger partial charge in [-0.25, -0.2) is 4.98 Å². The minimum atomic E-state index is 0.0556. The van der Waals surface area contributed by atoms with E-state index in [0.29, 0.717) is 6.42 Å². The largest absolute Gasteiger partial charge is 0.352 e. The lowest BCUT2D eigenvalue weighted by molar-refractivity contribution is -0.121. The van der Waals surface area contributed by atoms with Crippen LogP contribution in [-0.2, 0) is 11.2 Å². The predicted molar refractivity (Wildman–Crippen MR) is 106 cm³/mol. The minimum absolute atomic E-state index is 0.0556. The van der Waals surface area contributed by atoms with E-state index in [0.717, 1.165) is 48.4 Å². The highest BCUT2D eigenvalue weighted by Gasteiger charge is 2.20. The summed E-state index contributed by atoms with van der Waals surface area (Å²) in [5.74, 6) is 0.888. The zero-order chi connectivity index (χ0) is 18.4. The van der Waals surface area contributed by atoms with Crippen LogP contribution in [0.25, 0.3) is 10.7 Å². The van der Waals surface area contributed by atoms with Crippen molar-refractivity contribution in [3.05, 3.63) is 35.5 Å². The first-order chi connectivity index (χ1) is 12.6. The van der Waals surface area contributed by atoms with Crippen LogP contribution in [0.5, 0.6) is 0 Å². The molecule has 1 amide bonds.